The lowest BCUT2D eigenvalue weighted by atomic mass is 10.00. The Bertz CT molecular complexity index is 611. The molecule has 2 rings (SSSR count). The van der Waals surface area contributed by atoms with E-state index in [2.05, 4.69) is 5.32 Å². The molecule has 0 aromatic heterocycles. The first kappa shape index (κ1) is 15.3. The van der Waals surface area contributed by atoms with Gasteiger partial charge < -0.3 is 5.32 Å². The second kappa shape index (κ2) is 5.04. The smallest absolute Gasteiger partial charge is 0.317 e. The van der Waals surface area contributed by atoms with Crippen molar-refractivity contribution in [1.29, 1.82) is 0 Å². The Morgan fingerprint density at radius 1 is 1.40 bits per heavy atom. The fraction of sp³-hybridized carbons (Fsp3) is 0.538. The summed E-state index contributed by atoms with van der Waals surface area (Å²) in [5, 5.41) is 2.13. The highest BCUT2D eigenvalue weighted by Gasteiger charge is 2.43. The molecule has 3 nitrogen and oxygen atoms in total. The predicted octanol–water partition coefficient (Wildman–Crippen LogP) is 2.40. The highest BCUT2D eigenvalue weighted by molar-refractivity contribution is 7.92. The summed E-state index contributed by atoms with van der Waals surface area (Å²) in [6, 6.07) is 3.30. The number of halogens is 3. The van der Waals surface area contributed by atoms with E-state index in [9.17, 15) is 21.6 Å². The van der Waals surface area contributed by atoms with Gasteiger partial charge in [0.15, 0.2) is 9.84 Å². The second-order valence-corrected chi connectivity index (χ2v) is 7.27. The van der Waals surface area contributed by atoms with Crippen molar-refractivity contribution in [2.24, 2.45) is 0 Å². The van der Waals surface area contributed by atoms with E-state index in [1.54, 1.807) is 7.05 Å². The highest BCUT2D eigenvalue weighted by atomic mass is 32.2. The molecule has 0 amide bonds. The van der Waals surface area contributed by atoms with Crippen molar-refractivity contribution in [3.8, 4) is 0 Å². The topological polar surface area (TPSA) is 46.2 Å². The first-order valence-electron chi connectivity index (χ1n) is 6.28. The van der Waals surface area contributed by atoms with Crippen LogP contribution < -0.4 is 5.32 Å². The molecular formula is C13H16F3NO2S. The fourth-order valence-corrected chi connectivity index (χ4v) is 4.64. The Kier molecular flexibility index (Phi) is 3.85. The molecule has 1 aliphatic rings. The lowest BCUT2D eigenvalue weighted by molar-refractivity contribution is -0.138. The van der Waals surface area contributed by atoms with Crippen LogP contribution >= 0.6 is 0 Å². The molecule has 0 fully saturated rings. The molecule has 20 heavy (non-hydrogen) atoms. The Morgan fingerprint density at radius 3 is 2.60 bits per heavy atom. The van der Waals surface area contributed by atoms with E-state index in [-0.39, 0.29) is 22.9 Å². The zero-order valence-electron chi connectivity index (χ0n) is 11.2. The highest BCUT2D eigenvalue weighted by Crippen LogP contribution is 2.41. The van der Waals surface area contributed by atoms with Gasteiger partial charge in [-0.2, -0.15) is 13.2 Å². The van der Waals surface area contributed by atoms with Gasteiger partial charge in [-0.3, -0.25) is 0 Å². The average molecular weight is 307 g/mol. The van der Waals surface area contributed by atoms with Crippen LogP contribution in [0.1, 0.15) is 24.5 Å². The van der Waals surface area contributed by atoms with Gasteiger partial charge in [0.1, 0.15) is 0 Å². The Labute approximate surface area is 116 Å². The van der Waals surface area contributed by atoms with Crippen LogP contribution in [0.25, 0.3) is 0 Å². The van der Waals surface area contributed by atoms with Gasteiger partial charge in [0.2, 0.25) is 0 Å². The first-order chi connectivity index (χ1) is 9.17. The van der Waals surface area contributed by atoms with Gasteiger partial charge in [0.25, 0.3) is 0 Å². The Hall–Kier alpha value is -1.08. The molecule has 0 saturated heterocycles. The molecule has 112 valence electrons. The third-order valence-electron chi connectivity index (χ3n) is 3.72. The molecule has 1 aromatic rings. The summed E-state index contributed by atoms with van der Waals surface area (Å²) in [6.45, 7) is 1.81. The molecule has 2 unspecified atom stereocenters. The summed E-state index contributed by atoms with van der Waals surface area (Å²) in [6.07, 6.45) is -4.30. The number of hydrogen-bond donors (Lipinski definition) is 1. The number of sulfone groups is 1. The summed E-state index contributed by atoms with van der Waals surface area (Å²) in [5.74, 6) is 0. The largest absolute Gasteiger partial charge is 0.416 e. The number of hydrogen-bond acceptors (Lipinski definition) is 3. The lowest BCUT2D eigenvalue weighted by Gasteiger charge is -2.15. The van der Waals surface area contributed by atoms with E-state index in [4.69, 9.17) is 0 Å². The molecule has 0 radical (unpaired) electrons. The number of nitrogens with one attached hydrogen (secondary N) is 1. The minimum Gasteiger partial charge on any atom is -0.317 e. The first-order valence-corrected chi connectivity index (χ1v) is 7.82. The van der Waals surface area contributed by atoms with Crippen molar-refractivity contribution in [3.63, 3.8) is 0 Å². The van der Waals surface area contributed by atoms with Gasteiger partial charge in [-0.15, -0.1) is 0 Å². The van der Waals surface area contributed by atoms with Crippen LogP contribution in [0.15, 0.2) is 23.1 Å². The normalized spacial score (nSPS) is 22.6. The maximum absolute atomic E-state index is 12.9. The van der Waals surface area contributed by atoms with Crippen LogP contribution in [0.5, 0.6) is 0 Å². The van der Waals surface area contributed by atoms with Crippen molar-refractivity contribution in [3.05, 3.63) is 29.3 Å². The number of fused-ring (bicyclic) bond motifs is 1. The van der Waals surface area contributed by atoms with Crippen LogP contribution in [-0.4, -0.2) is 26.8 Å². The van der Waals surface area contributed by atoms with Crippen molar-refractivity contribution in [1.82, 2.24) is 5.32 Å². The molecule has 1 N–H and O–H groups in total. The van der Waals surface area contributed by atoms with E-state index < -0.39 is 26.8 Å². The maximum atomic E-state index is 12.9. The standard InChI is InChI=1S/C13H16F3NO2S/c1-8(17-2)6-9-7-10-11(13(14,15)16)4-3-5-12(10)20(9,18)19/h3-5,8-9,17H,6-7H2,1-2H3. The zero-order valence-corrected chi connectivity index (χ0v) is 12.0. The molecule has 7 heteroatoms. The molecule has 0 spiro atoms. The molecule has 0 saturated carbocycles. The minimum absolute atomic E-state index is 0.0701. The van der Waals surface area contributed by atoms with Crippen LogP contribution in [0.2, 0.25) is 0 Å². The van der Waals surface area contributed by atoms with Crippen molar-refractivity contribution in [2.45, 2.75) is 42.1 Å². The summed E-state index contributed by atoms with van der Waals surface area (Å²) in [5.41, 5.74) is -0.925. The Balaban J connectivity index is 2.47. The molecule has 0 bridgehead atoms. The molecule has 1 aliphatic heterocycles. The monoisotopic (exact) mass is 307 g/mol. The number of rotatable bonds is 3. The lowest BCUT2D eigenvalue weighted by Crippen LogP contribution is -2.29. The third-order valence-corrected chi connectivity index (χ3v) is 5.96. The summed E-state index contributed by atoms with van der Waals surface area (Å²) >= 11 is 0. The van der Waals surface area contributed by atoms with Crippen LogP contribution in [0.3, 0.4) is 0 Å². The predicted molar refractivity (Wildman–Crippen MR) is 69.3 cm³/mol. The molecular weight excluding hydrogens is 291 g/mol. The van der Waals surface area contributed by atoms with Crippen molar-refractivity contribution < 1.29 is 21.6 Å². The van der Waals surface area contributed by atoms with Crippen LogP contribution in [0.4, 0.5) is 13.2 Å². The molecule has 2 atom stereocenters. The molecule has 1 heterocycles. The van der Waals surface area contributed by atoms with Gasteiger partial charge >= 0.3 is 6.18 Å². The van der Waals surface area contributed by atoms with E-state index in [1.807, 2.05) is 6.92 Å². The fourth-order valence-electron chi connectivity index (χ4n) is 2.55. The van der Waals surface area contributed by atoms with Crippen LogP contribution in [-0.2, 0) is 22.4 Å². The average Bonchev–Trinajstić information content (AvgIpc) is 2.60. The number of benzene rings is 1. The number of alkyl halides is 3. The second-order valence-electron chi connectivity index (χ2n) is 5.08. The molecule has 1 aromatic carbocycles. The van der Waals surface area contributed by atoms with E-state index in [0.717, 1.165) is 12.1 Å². The van der Waals surface area contributed by atoms with E-state index in [0.29, 0.717) is 6.42 Å². The summed E-state index contributed by atoms with van der Waals surface area (Å²) in [4.78, 5) is -0.166. The summed E-state index contributed by atoms with van der Waals surface area (Å²) < 4.78 is 63.5. The zero-order chi connectivity index (χ0) is 15.1. The van der Waals surface area contributed by atoms with E-state index >= 15 is 0 Å². The molecule has 0 aliphatic carbocycles. The van der Waals surface area contributed by atoms with Gasteiger partial charge in [0.05, 0.1) is 15.7 Å². The SMILES string of the molecule is CNC(C)CC1Cc2c(C(F)(F)F)cccc2S1(=O)=O. The van der Waals surface area contributed by atoms with Crippen LogP contribution in [0, 0.1) is 0 Å². The third kappa shape index (κ3) is 2.56. The van der Waals surface area contributed by atoms with Gasteiger partial charge in [-0.05, 0) is 44.5 Å². The van der Waals surface area contributed by atoms with Gasteiger partial charge in [-0.25, -0.2) is 8.42 Å². The van der Waals surface area contributed by atoms with Gasteiger partial charge in [0, 0.05) is 6.04 Å². The summed E-state index contributed by atoms with van der Waals surface area (Å²) in [7, 11) is -1.98. The quantitative estimate of drug-likeness (QED) is 0.933. The van der Waals surface area contributed by atoms with Crippen molar-refractivity contribution >= 4 is 9.84 Å². The van der Waals surface area contributed by atoms with Gasteiger partial charge in [-0.1, -0.05) is 6.07 Å². The minimum atomic E-state index is -4.52. The Morgan fingerprint density at radius 2 is 2.05 bits per heavy atom. The van der Waals surface area contributed by atoms with Crippen molar-refractivity contribution in [2.75, 3.05) is 7.05 Å². The van der Waals surface area contributed by atoms with E-state index in [1.165, 1.54) is 6.07 Å². The maximum Gasteiger partial charge on any atom is 0.416 e.